The van der Waals surface area contributed by atoms with E-state index < -0.39 is 0 Å². The van der Waals surface area contributed by atoms with Crippen LogP contribution in [0.25, 0.3) is 0 Å². The van der Waals surface area contributed by atoms with Crippen LogP contribution in [0.3, 0.4) is 0 Å². The number of ether oxygens (including phenoxy) is 1. The molecule has 0 aromatic heterocycles. The number of rotatable bonds is 5. The molecule has 3 N–H and O–H groups in total. The first-order valence-electron chi connectivity index (χ1n) is 5.71. The molecule has 0 bridgehead atoms. The lowest BCUT2D eigenvalue weighted by Crippen LogP contribution is -2.43. The summed E-state index contributed by atoms with van der Waals surface area (Å²) in [5.41, 5.74) is 5.63. The first kappa shape index (κ1) is 13.4. The first-order chi connectivity index (χ1) is 7.50. The second-order valence-electron chi connectivity index (χ2n) is 4.47. The van der Waals surface area contributed by atoms with Gasteiger partial charge in [-0.2, -0.15) is 0 Å². The third-order valence-electron chi connectivity index (χ3n) is 2.78. The highest BCUT2D eigenvalue weighted by Gasteiger charge is 2.30. The van der Waals surface area contributed by atoms with Gasteiger partial charge in [-0.25, -0.2) is 0 Å². The molecule has 1 aliphatic carbocycles. The van der Waals surface area contributed by atoms with Crippen molar-refractivity contribution in [2.75, 3.05) is 6.61 Å². The van der Waals surface area contributed by atoms with Crippen molar-refractivity contribution in [2.45, 2.75) is 45.3 Å². The summed E-state index contributed by atoms with van der Waals surface area (Å²) in [7, 11) is 0. The van der Waals surface area contributed by atoms with Crippen LogP contribution in [0.2, 0.25) is 0 Å². The van der Waals surface area contributed by atoms with Crippen LogP contribution in [0.4, 0.5) is 0 Å². The molecule has 0 radical (unpaired) electrons. The molecule has 1 fully saturated rings. The Morgan fingerprint density at radius 2 is 2.25 bits per heavy atom. The van der Waals surface area contributed by atoms with Gasteiger partial charge in [0.05, 0.1) is 11.1 Å². The van der Waals surface area contributed by atoms with Crippen LogP contribution in [0.15, 0.2) is 0 Å². The first-order valence-corrected chi connectivity index (χ1v) is 6.11. The summed E-state index contributed by atoms with van der Waals surface area (Å²) in [6.45, 7) is 3.92. The van der Waals surface area contributed by atoms with Crippen LogP contribution in [0.5, 0.6) is 0 Å². The highest BCUT2D eigenvalue weighted by molar-refractivity contribution is 7.80. The number of hydrogen-bond donors (Lipinski definition) is 2. The van der Waals surface area contributed by atoms with E-state index in [4.69, 9.17) is 22.7 Å². The number of carbonyl (C=O) groups excluding carboxylic acids is 1. The van der Waals surface area contributed by atoms with Gasteiger partial charge in [-0.05, 0) is 26.7 Å². The highest BCUT2D eigenvalue weighted by atomic mass is 32.1. The lowest BCUT2D eigenvalue weighted by Gasteiger charge is -2.20. The lowest BCUT2D eigenvalue weighted by atomic mass is 10.0. The van der Waals surface area contributed by atoms with Crippen molar-refractivity contribution in [3.8, 4) is 0 Å². The van der Waals surface area contributed by atoms with Gasteiger partial charge in [0.25, 0.3) is 0 Å². The lowest BCUT2D eigenvalue weighted by molar-refractivity contribution is -0.127. The van der Waals surface area contributed by atoms with Crippen LogP contribution in [-0.2, 0) is 9.53 Å². The fraction of sp³-hybridized carbons (Fsp3) is 0.818. The van der Waals surface area contributed by atoms with E-state index in [0.29, 0.717) is 4.99 Å². The standard InChI is InChI=1S/C11H20N2O2S/c1-7(2)15-6-10(14)13-9-5-3-4-8(9)11(12)16/h7-9H,3-6H2,1-2H3,(H2,12,16)(H,13,14). The summed E-state index contributed by atoms with van der Waals surface area (Å²) < 4.78 is 5.23. The SMILES string of the molecule is CC(C)OCC(=O)NC1CCCC1C(N)=S. The molecule has 1 aliphatic rings. The molecule has 2 unspecified atom stereocenters. The van der Waals surface area contributed by atoms with Crippen molar-refractivity contribution in [1.29, 1.82) is 0 Å². The van der Waals surface area contributed by atoms with Crippen molar-refractivity contribution in [3.63, 3.8) is 0 Å². The van der Waals surface area contributed by atoms with Gasteiger partial charge in [-0.3, -0.25) is 4.79 Å². The minimum Gasteiger partial charge on any atom is -0.393 e. The van der Waals surface area contributed by atoms with E-state index in [0.717, 1.165) is 19.3 Å². The molecule has 5 heteroatoms. The van der Waals surface area contributed by atoms with Crippen LogP contribution >= 0.6 is 12.2 Å². The number of carbonyl (C=O) groups is 1. The maximum atomic E-state index is 11.6. The fourth-order valence-corrected chi connectivity index (χ4v) is 2.25. The van der Waals surface area contributed by atoms with E-state index in [9.17, 15) is 4.79 Å². The smallest absolute Gasteiger partial charge is 0.246 e. The summed E-state index contributed by atoms with van der Waals surface area (Å²) in [4.78, 5) is 12.1. The van der Waals surface area contributed by atoms with Crippen molar-refractivity contribution in [2.24, 2.45) is 11.7 Å². The Morgan fingerprint density at radius 3 is 2.81 bits per heavy atom. The zero-order chi connectivity index (χ0) is 12.1. The fourth-order valence-electron chi connectivity index (χ4n) is 1.96. The summed E-state index contributed by atoms with van der Waals surface area (Å²) in [6, 6.07) is 0.0979. The molecule has 0 heterocycles. The second kappa shape index (κ2) is 6.15. The maximum absolute atomic E-state index is 11.6. The minimum absolute atomic E-state index is 0.0701. The number of nitrogens with two attached hydrogens (primary N) is 1. The molecule has 0 saturated heterocycles. The van der Waals surface area contributed by atoms with Gasteiger partial charge >= 0.3 is 0 Å². The molecule has 0 aliphatic heterocycles. The topological polar surface area (TPSA) is 64.3 Å². The van der Waals surface area contributed by atoms with E-state index in [-0.39, 0.29) is 30.6 Å². The normalized spacial score (nSPS) is 24.7. The van der Waals surface area contributed by atoms with Crippen LogP contribution in [-0.4, -0.2) is 29.6 Å². The Bertz CT molecular complexity index is 269. The summed E-state index contributed by atoms with van der Waals surface area (Å²) >= 11 is 4.99. The van der Waals surface area contributed by atoms with E-state index in [2.05, 4.69) is 5.32 Å². The van der Waals surface area contributed by atoms with Crippen molar-refractivity contribution in [1.82, 2.24) is 5.32 Å². The number of thiocarbonyl (C=S) groups is 1. The van der Waals surface area contributed by atoms with E-state index in [1.54, 1.807) is 0 Å². The molecule has 1 rings (SSSR count). The third-order valence-corrected chi connectivity index (χ3v) is 3.08. The summed E-state index contributed by atoms with van der Waals surface area (Å²) in [5, 5.41) is 2.93. The predicted molar refractivity (Wildman–Crippen MR) is 67.1 cm³/mol. The second-order valence-corrected chi connectivity index (χ2v) is 4.94. The number of hydrogen-bond acceptors (Lipinski definition) is 3. The van der Waals surface area contributed by atoms with Gasteiger partial charge in [-0.1, -0.05) is 18.6 Å². The third kappa shape index (κ3) is 4.06. The van der Waals surface area contributed by atoms with Gasteiger partial charge < -0.3 is 15.8 Å². The van der Waals surface area contributed by atoms with E-state index in [1.165, 1.54) is 0 Å². The van der Waals surface area contributed by atoms with Crippen molar-refractivity contribution < 1.29 is 9.53 Å². The van der Waals surface area contributed by atoms with Gasteiger partial charge in [0.1, 0.15) is 6.61 Å². The summed E-state index contributed by atoms with van der Waals surface area (Å²) in [6.07, 6.45) is 3.07. The van der Waals surface area contributed by atoms with Crippen LogP contribution in [0.1, 0.15) is 33.1 Å². The van der Waals surface area contributed by atoms with Gasteiger partial charge in [-0.15, -0.1) is 0 Å². The minimum atomic E-state index is -0.0816. The Hall–Kier alpha value is -0.680. The summed E-state index contributed by atoms with van der Waals surface area (Å²) in [5.74, 6) is 0.0693. The quantitative estimate of drug-likeness (QED) is 0.708. The van der Waals surface area contributed by atoms with Crippen molar-refractivity contribution in [3.05, 3.63) is 0 Å². The Kier molecular flexibility index (Phi) is 5.15. The largest absolute Gasteiger partial charge is 0.393 e. The highest BCUT2D eigenvalue weighted by Crippen LogP contribution is 2.25. The molecular weight excluding hydrogens is 224 g/mol. The molecule has 1 amide bonds. The molecular formula is C11H20N2O2S. The molecule has 4 nitrogen and oxygen atoms in total. The van der Waals surface area contributed by atoms with Gasteiger partial charge in [0.2, 0.25) is 5.91 Å². The number of amides is 1. The zero-order valence-corrected chi connectivity index (χ0v) is 10.7. The maximum Gasteiger partial charge on any atom is 0.246 e. The average molecular weight is 244 g/mol. The predicted octanol–water partition coefficient (Wildman–Crippen LogP) is 0.982. The molecule has 0 aromatic rings. The number of nitrogens with one attached hydrogen (secondary N) is 1. The van der Waals surface area contributed by atoms with E-state index in [1.807, 2.05) is 13.8 Å². The Morgan fingerprint density at radius 1 is 1.56 bits per heavy atom. The molecule has 92 valence electrons. The molecule has 16 heavy (non-hydrogen) atoms. The molecule has 2 atom stereocenters. The molecule has 0 spiro atoms. The Labute approximate surface area is 102 Å². The van der Waals surface area contributed by atoms with E-state index >= 15 is 0 Å². The molecule has 1 saturated carbocycles. The molecule has 0 aromatic carbocycles. The Balaban J connectivity index is 2.35. The van der Waals surface area contributed by atoms with Crippen LogP contribution < -0.4 is 11.1 Å². The average Bonchev–Trinajstić information content (AvgIpc) is 2.62. The van der Waals surface area contributed by atoms with Gasteiger partial charge in [0, 0.05) is 12.0 Å². The van der Waals surface area contributed by atoms with Crippen molar-refractivity contribution >= 4 is 23.1 Å². The van der Waals surface area contributed by atoms with Gasteiger partial charge in [0.15, 0.2) is 0 Å². The van der Waals surface area contributed by atoms with Crippen LogP contribution in [0, 0.1) is 5.92 Å². The zero-order valence-electron chi connectivity index (χ0n) is 9.86. The monoisotopic (exact) mass is 244 g/mol.